The van der Waals surface area contributed by atoms with Gasteiger partial charge in [0.15, 0.2) is 5.11 Å². The van der Waals surface area contributed by atoms with E-state index in [1.54, 1.807) is 24.3 Å². The van der Waals surface area contributed by atoms with E-state index in [4.69, 9.17) is 17.0 Å². The van der Waals surface area contributed by atoms with Gasteiger partial charge < -0.3 is 14.8 Å². The van der Waals surface area contributed by atoms with Gasteiger partial charge in [-0.2, -0.15) is 18.2 Å². The van der Waals surface area contributed by atoms with Gasteiger partial charge in [0.1, 0.15) is 5.75 Å². The van der Waals surface area contributed by atoms with Crippen LogP contribution in [0.25, 0.3) is 0 Å². The van der Waals surface area contributed by atoms with Crippen LogP contribution < -0.4 is 15.5 Å². The molecule has 1 aliphatic heterocycles. The highest BCUT2D eigenvalue weighted by atomic mass is 32.2. The molecule has 0 saturated carbocycles. The van der Waals surface area contributed by atoms with Crippen LogP contribution in [0.2, 0.25) is 0 Å². The van der Waals surface area contributed by atoms with E-state index in [2.05, 4.69) is 20.6 Å². The summed E-state index contributed by atoms with van der Waals surface area (Å²) in [4.78, 5) is 0.194. The predicted molar refractivity (Wildman–Crippen MR) is 125 cm³/mol. The molecule has 0 atom stereocenters. The zero-order chi connectivity index (χ0) is 23.8. The molecule has 8 nitrogen and oxygen atoms in total. The van der Waals surface area contributed by atoms with Crippen LogP contribution in [-0.4, -0.2) is 56.5 Å². The molecule has 33 heavy (non-hydrogen) atoms. The number of hydrogen-bond acceptors (Lipinski definition) is 6. The Morgan fingerprint density at radius 3 is 2.36 bits per heavy atom. The molecule has 2 aromatic rings. The van der Waals surface area contributed by atoms with Crippen molar-refractivity contribution in [3.8, 4) is 5.75 Å². The Balaban J connectivity index is 1.59. The highest BCUT2D eigenvalue weighted by Crippen LogP contribution is 2.20. The van der Waals surface area contributed by atoms with Gasteiger partial charge in [0, 0.05) is 18.8 Å². The molecule has 2 aromatic carbocycles. The molecule has 0 bridgehead atoms. The third kappa shape index (κ3) is 6.90. The number of halogens is 2. The topological polar surface area (TPSA) is 92.3 Å². The minimum Gasteiger partial charge on any atom is -0.435 e. The number of hydrogen-bond donors (Lipinski definition) is 2. The molecule has 0 spiro atoms. The Morgan fingerprint density at radius 1 is 1.15 bits per heavy atom. The van der Waals surface area contributed by atoms with Crippen LogP contribution in [0.15, 0.2) is 58.5 Å². The first-order chi connectivity index (χ1) is 15.8. The first kappa shape index (κ1) is 25.0. The maximum atomic E-state index is 12.7. The lowest BCUT2D eigenvalue weighted by molar-refractivity contribution is -0.0498. The molecule has 1 heterocycles. The molecule has 0 unspecified atom stereocenters. The Morgan fingerprint density at radius 2 is 1.79 bits per heavy atom. The maximum Gasteiger partial charge on any atom is 0.387 e. The highest BCUT2D eigenvalue weighted by molar-refractivity contribution is 7.89. The van der Waals surface area contributed by atoms with Crippen molar-refractivity contribution < 1.29 is 26.7 Å². The lowest BCUT2D eigenvalue weighted by Crippen LogP contribution is -2.40. The predicted octanol–water partition coefficient (Wildman–Crippen LogP) is 3.41. The average Bonchev–Trinajstić information content (AvgIpc) is 2.81. The highest BCUT2D eigenvalue weighted by Gasteiger charge is 2.26. The Hall–Kier alpha value is -2.67. The van der Waals surface area contributed by atoms with Gasteiger partial charge in [-0.05, 0) is 72.7 Å². The monoisotopic (exact) mass is 498 g/mol. The number of sulfonamides is 1. The smallest absolute Gasteiger partial charge is 0.387 e. The fourth-order valence-electron chi connectivity index (χ4n) is 3.10. The summed E-state index contributed by atoms with van der Waals surface area (Å²) in [7, 11) is -3.57. The molecule has 0 aliphatic carbocycles. The van der Waals surface area contributed by atoms with Gasteiger partial charge in [0.05, 0.1) is 23.8 Å². The van der Waals surface area contributed by atoms with E-state index < -0.39 is 16.6 Å². The normalized spacial score (nSPS) is 15.3. The van der Waals surface area contributed by atoms with E-state index in [-0.39, 0.29) is 15.8 Å². The summed E-state index contributed by atoms with van der Waals surface area (Å²) in [6, 6.07) is 12.4. The minimum atomic E-state index is -3.57. The van der Waals surface area contributed by atoms with Crippen LogP contribution in [0.4, 0.5) is 14.5 Å². The lowest BCUT2D eigenvalue weighted by atomic mass is 10.1. The molecule has 0 amide bonds. The number of benzene rings is 2. The van der Waals surface area contributed by atoms with E-state index in [1.165, 1.54) is 28.6 Å². The van der Waals surface area contributed by atoms with Crippen LogP contribution in [0.1, 0.15) is 18.9 Å². The third-order valence-electron chi connectivity index (χ3n) is 4.76. The number of nitrogens with zero attached hydrogens (tertiary/aromatic N) is 2. The van der Waals surface area contributed by atoms with Gasteiger partial charge >= 0.3 is 6.61 Å². The Bertz CT molecular complexity index is 1070. The van der Waals surface area contributed by atoms with E-state index in [0.29, 0.717) is 44.1 Å². The third-order valence-corrected chi connectivity index (χ3v) is 6.87. The summed E-state index contributed by atoms with van der Waals surface area (Å²) in [5.41, 5.74) is 4.72. The second kappa shape index (κ2) is 11.5. The summed E-state index contributed by atoms with van der Waals surface area (Å²) in [6.07, 6.45) is 0.568. The quantitative estimate of drug-likeness (QED) is 0.327. The average molecular weight is 499 g/mol. The molecule has 0 aromatic heterocycles. The van der Waals surface area contributed by atoms with Crippen LogP contribution in [-0.2, 0) is 14.8 Å². The van der Waals surface area contributed by atoms with Crippen molar-refractivity contribution in [1.29, 1.82) is 0 Å². The van der Waals surface area contributed by atoms with Crippen LogP contribution in [0, 0.1) is 0 Å². The number of anilines is 1. The first-order valence-electron chi connectivity index (χ1n) is 10.2. The summed E-state index contributed by atoms with van der Waals surface area (Å²) in [5, 5.41) is 7.43. The molecular weight excluding hydrogens is 474 g/mol. The van der Waals surface area contributed by atoms with Crippen LogP contribution in [0.5, 0.6) is 5.75 Å². The molecule has 3 rings (SSSR count). The number of nitrogens with one attached hydrogen (secondary N) is 2. The molecular formula is C21H24F2N4O4S2. The number of thiocarbonyl (C=S) groups is 1. The molecule has 2 N–H and O–H groups in total. The van der Waals surface area contributed by atoms with Crippen molar-refractivity contribution in [2.24, 2.45) is 5.10 Å². The van der Waals surface area contributed by atoms with Crippen LogP contribution >= 0.6 is 12.2 Å². The van der Waals surface area contributed by atoms with Crippen molar-refractivity contribution in [3.63, 3.8) is 0 Å². The summed E-state index contributed by atoms with van der Waals surface area (Å²) in [6.45, 7) is 0.438. The van der Waals surface area contributed by atoms with E-state index in [9.17, 15) is 17.2 Å². The fourth-order valence-corrected chi connectivity index (χ4v) is 4.67. The summed E-state index contributed by atoms with van der Waals surface area (Å²) >= 11 is 5.26. The van der Waals surface area contributed by atoms with Crippen molar-refractivity contribution in [2.45, 2.75) is 24.9 Å². The van der Waals surface area contributed by atoms with Crippen molar-refractivity contribution in [1.82, 2.24) is 9.73 Å². The van der Waals surface area contributed by atoms with E-state index >= 15 is 0 Å². The molecule has 178 valence electrons. The Kier molecular flexibility index (Phi) is 8.67. The largest absolute Gasteiger partial charge is 0.435 e. The summed E-state index contributed by atoms with van der Waals surface area (Å²) < 4.78 is 60.9. The van der Waals surface area contributed by atoms with Crippen molar-refractivity contribution >= 4 is 38.8 Å². The Labute approximate surface area is 196 Å². The molecule has 0 radical (unpaired) electrons. The van der Waals surface area contributed by atoms with E-state index in [0.717, 1.165) is 5.56 Å². The zero-order valence-corrected chi connectivity index (χ0v) is 19.5. The minimum absolute atomic E-state index is 0.0634. The first-order valence-corrected chi connectivity index (χ1v) is 12.0. The maximum absolute atomic E-state index is 12.7. The number of alkyl halides is 2. The number of hydrazone groups is 1. The number of morpholine rings is 1. The fraction of sp³-hybridized carbons (Fsp3) is 0.333. The van der Waals surface area contributed by atoms with Crippen molar-refractivity contribution in [3.05, 3.63) is 54.1 Å². The molecule has 1 saturated heterocycles. The van der Waals surface area contributed by atoms with Crippen molar-refractivity contribution in [2.75, 3.05) is 31.6 Å². The van der Waals surface area contributed by atoms with Crippen LogP contribution in [0.3, 0.4) is 0 Å². The molecule has 12 heteroatoms. The van der Waals surface area contributed by atoms with Gasteiger partial charge in [0.25, 0.3) is 0 Å². The second-order valence-corrected chi connectivity index (χ2v) is 9.27. The standard InChI is InChI=1S/C21H24F2N4O4S2/c1-2-19(15-3-7-17(8-4-15)31-20(22)23)25-26-21(32)24-16-5-9-18(10-6-16)33(28,29)27-11-13-30-14-12-27/h3-10,20H,2,11-14H2,1H3,(H2,24,26,32). The second-order valence-electron chi connectivity index (χ2n) is 6.92. The zero-order valence-electron chi connectivity index (χ0n) is 17.8. The van der Waals surface area contributed by atoms with Gasteiger partial charge in [0.2, 0.25) is 10.0 Å². The van der Waals surface area contributed by atoms with Gasteiger partial charge in [-0.3, -0.25) is 5.43 Å². The SMILES string of the molecule is CCC(=NNC(=S)Nc1ccc(S(=O)(=O)N2CCOCC2)cc1)c1ccc(OC(F)F)cc1. The van der Waals surface area contributed by atoms with Gasteiger partial charge in [-0.25, -0.2) is 8.42 Å². The summed E-state index contributed by atoms with van der Waals surface area (Å²) in [5.74, 6) is 0.0634. The number of ether oxygens (including phenoxy) is 2. The molecule has 1 fully saturated rings. The van der Waals surface area contributed by atoms with Gasteiger partial charge in [-0.1, -0.05) is 6.92 Å². The van der Waals surface area contributed by atoms with Gasteiger partial charge in [-0.15, -0.1) is 0 Å². The molecule has 1 aliphatic rings. The lowest BCUT2D eigenvalue weighted by Gasteiger charge is -2.26. The number of rotatable bonds is 8. The van der Waals surface area contributed by atoms with E-state index in [1.807, 2.05) is 6.92 Å².